The summed E-state index contributed by atoms with van der Waals surface area (Å²) in [6.45, 7) is 0. The number of carbonyl (C=O) groups is 2. The van der Waals surface area contributed by atoms with Crippen molar-refractivity contribution in [1.82, 2.24) is 15.6 Å². The van der Waals surface area contributed by atoms with Crippen molar-refractivity contribution in [3.63, 3.8) is 0 Å². The zero-order chi connectivity index (χ0) is 18.9. The molecule has 0 saturated heterocycles. The van der Waals surface area contributed by atoms with Gasteiger partial charge in [0.05, 0.1) is 0 Å². The Balaban J connectivity index is 1.93. The van der Waals surface area contributed by atoms with Crippen molar-refractivity contribution < 1.29 is 14.0 Å². The van der Waals surface area contributed by atoms with E-state index in [-0.39, 0.29) is 30.5 Å². The van der Waals surface area contributed by atoms with Crippen LogP contribution in [0, 0.1) is 5.82 Å². The quantitative estimate of drug-likeness (QED) is 0.655. The van der Waals surface area contributed by atoms with Crippen LogP contribution in [-0.4, -0.2) is 35.9 Å². The van der Waals surface area contributed by atoms with Crippen LogP contribution in [0.15, 0.2) is 48.8 Å². The highest BCUT2D eigenvalue weighted by Gasteiger charge is 2.21. The molecule has 0 saturated carbocycles. The fraction of sp³-hybridized carbons (Fsp3) is 0.316. The Kier molecular flexibility index (Phi) is 7.23. The number of rotatable bonds is 8. The second kappa shape index (κ2) is 9.62. The largest absolute Gasteiger partial charge is 0.357 e. The lowest BCUT2D eigenvalue weighted by Gasteiger charge is -2.19. The number of carbonyl (C=O) groups excluding carboxylic acids is 2. The van der Waals surface area contributed by atoms with E-state index in [1.54, 1.807) is 42.7 Å². The van der Waals surface area contributed by atoms with Crippen LogP contribution in [0.3, 0.4) is 0 Å². The number of pyridine rings is 1. The maximum atomic E-state index is 13.7. The van der Waals surface area contributed by atoms with Gasteiger partial charge in [-0.2, -0.15) is 0 Å². The number of halogens is 1. The average Bonchev–Trinajstić information content (AvgIpc) is 2.63. The molecular formula is C19H23FN4O2. The number of hydrogen-bond acceptors (Lipinski definition) is 4. The molecule has 1 aromatic carbocycles. The first-order valence-corrected chi connectivity index (χ1v) is 8.38. The molecule has 2 atom stereocenters. The van der Waals surface area contributed by atoms with Gasteiger partial charge in [0.1, 0.15) is 11.9 Å². The maximum Gasteiger partial charge on any atom is 0.242 e. The normalized spacial score (nSPS) is 12.9. The van der Waals surface area contributed by atoms with Crippen molar-refractivity contribution in [3.8, 4) is 0 Å². The Morgan fingerprint density at radius 1 is 1.15 bits per heavy atom. The topological polar surface area (TPSA) is 97.1 Å². The molecule has 0 spiro atoms. The molecule has 0 bridgehead atoms. The minimum absolute atomic E-state index is 0.00181. The second-order valence-corrected chi connectivity index (χ2v) is 6.05. The van der Waals surface area contributed by atoms with E-state index in [2.05, 4.69) is 15.6 Å². The SMILES string of the molecule is CNC(=O)[C@@H](Cc1ccncc1)NC(=O)C[C@H](N)Cc1ccccc1F. The van der Waals surface area contributed by atoms with Crippen LogP contribution in [0.4, 0.5) is 4.39 Å². The van der Waals surface area contributed by atoms with Gasteiger partial charge in [0.2, 0.25) is 11.8 Å². The first-order valence-electron chi connectivity index (χ1n) is 8.38. The van der Waals surface area contributed by atoms with Crippen molar-refractivity contribution in [3.05, 3.63) is 65.7 Å². The van der Waals surface area contributed by atoms with Gasteiger partial charge in [0.15, 0.2) is 0 Å². The molecule has 0 aliphatic rings. The summed E-state index contributed by atoms with van der Waals surface area (Å²) in [5.74, 6) is -0.987. The van der Waals surface area contributed by atoms with Gasteiger partial charge in [0, 0.05) is 38.3 Å². The summed E-state index contributed by atoms with van der Waals surface area (Å²) < 4.78 is 13.7. The Hall–Kier alpha value is -2.80. The molecule has 26 heavy (non-hydrogen) atoms. The number of amides is 2. The lowest BCUT2D eigenvalue weighted by atomic mass is 10.0. The first kappa shape index (κ1) is 19.5. The van der Waals surface area contributed by atoms with Crippen molar-refractivity contribution in [2.24, 2.45) is 5.73 Å². The summed E-state index contributed by atoms with van der Waals surface area (Å²) in [6, 6.07) is 8.64. The summed E-state index contributed by atoms with van der Waals surface area (Å²) in [4.78, 5) is 28.3. The Labute approximate surface area is 152 Å². The third kappa shape index (κ3) is 5.93. The van der Waals surface area contributed by atoms with Gasteiger partial charge in [-0.3, -0.25) is 14.6 Å². The molecule has 138 valence electrons. The summed E-state index contributed by atoms with van der Waals surface area (Å²) in [7, 11) is 1.51. The molecule has 2 amide bonds. The zero-order valence-electron chi connectivity index (χ0n) is 14.6. The van der Waals surface area contributed by atoms with Crippen LogP contribution in [0.2, 0.25) is 0 Å². The molecule has 0 unspecified atom stereocenters. The van der Waals surface area contributed by atoms with Crippen LogP contribution in [0.1, 0.15) is 17.5 Å². The van der Waals surface area contributed by atoms with E-state index in [9.17, 15) is 14.0 Å². The number of benzene rings is 1. The van der Waals surface area contributed by atoms with Gasteiger partial charge in [-0.15, -0.1) is 0 Å². The molecule has 0 fully saturated rings. The van der Waals surface area contributed by atoms with Gasteiger partial charge in [-0.05, 0) is 35.7 Å². The fourth-order valence-corrected chi connectivity index (χ4v) is 2.65. The number of nitrogens with one attached hydrogen (secondary N) is 2. The highest BCUT2D eigenvalue weighted by Crippen LogP contribution is 2.10. The summed E-state index contributed by atoms with van der Waals surface area (Å²) in [5, 5.41) is 5.24. The molecule has 2 rings (SSSR count). The van der Waals surface area contributed by atoms with Crippen molar-refractivity contribution >= 4 is 11.8 Å². The van der Waals surface area contributed by atoms with Gasteiger partial charge >= 0.3 is 0 Å². The maximum absolute atomic E-state index is 13.7. The Morgan fingerprint density at radius 2 is 1.85 bits per heavy atom. The number of aromatic nitrogens is 1. The molecule has 2 aromatic rings. The number of nitrogens with two attached hydrogens (primary N) is 1. The third-order valence-electron chi connectivity index (χ3n) is 3.97. The zero-order valence-corrected chi connectivity index (χ0v) is 14.6. The minimum atomic E-state index is -0.712. The van der Waals surface area contributed by atoms with Gasteiger partial charge in [-0.1, -0.05) is 18.2 Å². The molecular weight excluding hydrogens is 335 g/mol. The molecule has 0 aliphatic carbocycles. The lowest BCUT2D eigenvalue weighted by molar-refractivity contribution is -0.128. The predicted octanol–water partition coefficient (Wildman–Crippen LogP) is 0.954. The van der Waals surface area contributed by atoms with Crippen LogP contribution < -0.4 is 16.4 Å². The van der Waals surface area contributed by atoms with Crippen molar-refractivity contribution in [2.75, 3.05) is 7.05 Å². The first-order chi connectivity index (χ1) is 12.5. The molecule has 6 nitrogen and oxygen atoms in total. The van der Waals surface area contributed by atoms with E-state index in [4.69, 9.17) is 5.73 Å². The van der Waals surface area contributed by atoms with E-state index in [1.807, 2.05) is 0 Å². The van der Waals surface area contributed by atoms with Crippen LogP contribution >= 0.6 is 0 Å². The monoisotopic (exact) mass is 358 g/mol. The Bertz CT molecular complexity index is 739. The third-order valence-corrected chi connectivity index (χ3v) is 3.97. The summed E-state index contributed by atoms with van der Waals surface area (Å²) >= 11 is 0. The van der Waals surface area contributed by atoms with E-state index < -0.39 is 12.1 Å². The van der Waals surface area contributed by atoms with Crippen molar-refractivity contribution in [1.29, 1.82) is 0 Å². The second-order valence-electron chi connectivity index (χ2n) is 6.05. The van der Waals surface area contributed by atoms with E-state index in [0.29, 0.717) is 12.0 Å². The molecule has 0 aliphatic heterocycles. The molecule has 1 heterocycles. The number of hydrogen-bond donors (Lipinski definition) is 3. The minimum Gasteiger partial charge on any atom is -0.357 e. The average molecular weight is 358 g/mol. The predicted molar refractivity (Wildman–Crippen MR) is 96.6 cm³/mol. The van der Waals surface area contributed by atoms with Crippen LogP contribution in [0.5, 0.6) is 0 Å². The number of nitrogens with zero attached hydrogens (tertiary/aromatic N) is 1. The lowest BCUT2D eigenvalue weighted by Crippen LogP contribution is -2.48. The highest BCUT2D eigenvalue weighted by atomic mass is 19.1. The molecule has 7 heteroatoms. The van der Waals surface area contributed by atoms with E-state index >= 15 is 0 Å². The Morgan fingerprint density at radius 3 is 2.50 bits per heavy atom. The standard InChI is InChI=1S/C19H23FN4O2/c1-22-19(26)17(10-13-6-8-23-9-7-13)24-18(25)12-15(21)11-14-4-2-3-5-16(14)20/h2-9,15,17H,10-12,21H2,1H3,(H,22,26)(H,24,25)/t15-,17-/m1/s1. The van der Waals surface area contributed by atoms with Crippen LogP contribution in [0.25, 0.3) is 0 Å². The van der Waals surface area contributed by atoms with Crippen molar-refractivity contribution in [2.45, 2.75) is 31.3 Å². The molecule has 1 aromatic heterocycles. The van der Waals surface area contributed by atoms with Gasteiger partial charge in [0.25, 0.3) is 0 Å². The van der Waals surface area contributed by atoms with Gasteiger partial charge in [-0.25, -0.2) is 4.39 Å². The summed E-state index contributed by atoms with van der Waals surface area (Å²) in [6.07, 6.45) is 3.84. The van der Waals surface area contributed by atoms with Crippen LogP contribution in [-0.2, 0) is 22.4 Å². The highest BCUT2D eigenvalue weighted by molar-refractivity contribution is 5.87. The molecule has 0 radical (unpaired) electrons. The fourth-order valence-electron chi connectivity index (χ4n) is 2.65. The molecule has 4 N–H and O–H groups in total. The van der Waals surface area contributed by atoms with Gasteiger partial charge < -0.3 is 16.4 Å². The van der Waals surface area contributed by atoms with E-state index in [1.165, 1.54) is 13.1 Å². The summed E-state index contributed by atoms with van der Waals surface area (Å²) in [5.41, 5.74) is 7.32. The smallest absolute Gasteiger partial charge is 0.242 e. The number of likely N-dealkylation sites (N-methyl/N-ethyl adjacent to an activating group) is 1. The van der Waals surface area contributed by atoms with E-state index in [0.717, 1.165) is 5.56 Å².